The van der Waals surface area contributed by atoms with Gasteiger partial charge >= 0.3 is 0 Å². The van der Waals surface area contributed by atoms with E-state index in [0.717, 1.165) is 5.69 Å². The Labute approximate surface area is 177 Å². The van der Waals surface area contributed by atoms with Crippen LogP contribution < -0.4 is 4.74 Å². The van der Waals surface area contributed by atoms with Crippen molar-refractivity contribution in [2.45, 2.75) is 0 Å². The molecule has 31 heavy (non-hydrogen) atoms. The number of hydrogen-bond acceptors (Lipinski definition) is 6. The minimum Gasteiger partial charge on any atom is -0.506 e. The summed E-state index contributed by atoms with van der Waals surface area (Å²) in [6.07, 6.45) is 3.45. The molecule has 0 unspecified atom stereocenters. The van der Waals surface area contributed by atoms with E-state index in [4.69, 9.17) is 4.74 Å². The van der Waals surface area contributed by atoms with E-state index in [1.807, 2.05) is 0 Å². The first-order valence-corrected chi connectivity index (χ1v) is 9.29. The average molecular weight is 415 g/mol. The molecule has 8 nitrogen and oxygen atoms in total. The number of carbonyl (C=O) groups is 1. The van der Waals surface area contributed by atoms with E-state index in [1.165, 1.54) is 31.4 Å². The molecule has 0 atom stereocenters. The fourth-order valence-electron chi connectivity index (χ4n) is 3.32. The molecule has 0 aliphatic rings. The van der Waals surface area contributed by atoms with E-state index in [1.54, 1.807) is 59.5 Å². The summed E-state index contributed by atoms with van der Waals surface area (Å²) in [4.78, 5) is 23.7. The predicted octanol–water partition coefficient (Wildman–Crippen LogP) is 4.39. The first-order valence-electron chi connectivity index (χ1n) is 9.29. The van der Waals surface area contributed by atoms with Gasteiger partial charge in [-0.3, -0.25) is 14.9 Å². The van der Waals surface area contributed by atoms with E-state index in [2.05, 4.69) is 5.10 Å². The van der Waals surface area contributed by atoms with Crippen LogP contribution in [0.25, 0.3) is 16.8 Å². The number of phenolic OH excluding ortho intramolecular Hbond substituents is 1. The molecule has 0 fully saturated rings. The van der Waals surface area contributed by atoms with Gasteiger partial charge < -0.3 is 9.84 Å². The molecule has 3 aromatic carbocycles. The molecule has 1 heterocycles. The van der Waals surface area contributed by atoms with Crippen molar-refractivity contribution in [3.63, 3.8) is 0 Å². The zero-order chi connectivity index (χ0) is 22.0. The van der Waals surface area contributed by atoms with Crippen LogP contribution in [0.2, 0.25) is 0 Å². The summed E-state index contributed by atoms with van der Waals surface area (Å²) in [5, 5.41) is 26.2. The summed E-state index contributed by atoms with van der Waals surface area (Å²) >= 11 is 0. The molecular formula is C23H17N3O5. The van der Waals surface area contributed by atoms with Gasteiger partial charge in [0.2, 0.25) is 0 Å². The average Bonchev–Trinajstić information content (AvgIpc) is 3.33. The third kappa shape index (κ3) is 3.74. The zero-order valence-electron chi connectivity index (χ0n) is 16.4. The van der Waals surface area contributed by atoms with Crippen molar-refractivity contribution < 1.29 is 19.6 Å². The number of ketones is 1. The quantitative estimate of drug-likeness (QED) is 0.284. The maximum Gasteiger partial charge on any atom is 0.270 e. The molecule has 1 aromatic heterocycles. The molecule has 0 radical (unpaired) electrons. The summed E-state index contributed by atoms with van der Waals surface area (Å²) < 4.78 is 6.99. The summed E-state index contributed by atoms with van der Waals surface area (Å²) in [6.45, 7) is 0. The molecule has 0 amide bonds. The lowest BCUT2D eigenvalue weighted by molar-refractivity contribution is -0.384. The number of phenols is 1. The number of benzene rings is 3. The minimum absolute atomic E-state index is 0.0640. The maximum atomic E-state index is 13.1. The first kappa shape index (κ1) is 19.8. The summed E-state index contributed by atoms with van der Waals surface area (Å²) in [6, 6.07) is 17.4. The van der Waals surface area contributed by atoms with Crippen molar-refractivity contribution >= 4 is 11.5 Å². The Bertz CT molecular complexity index is 1270. The molecule has 0 aliphatic carbocycles. The highest BCUT2D eigenvalue weighted by molar-refractivity contribution is 6.12. The highest BCUT2D eigenvalue weighted by atomic mass is 16.6. The lowest BCUT2D eigenvalue weighted by atomic mass is 9.95. The number of nitro benzene ring substituents is 1. The van der Waals surface area contributed by atoms with Gasteiger partial charge in [-0.05, 0) is 48.0 Å². The third-order valence-corrected chi connectivity index (χ3v) is 4.85. The van der Waals surface area contributed by atoms with Gasteiger partial charge in [-0.1, -0.05) is 12.1 Å². The number of carbonyl (C=O) groups excluding carboxylic acids is 1. The smallest absolute Gasteiger partial charge is 0.270 e. The van der Waals surface area contributed by atoms with Crippen LogP contribution in [0.5, 0.6) is 11.5 Å². The molecule has 0 spiro atoms. The van der Waals surface area contributed by atoms with Gasteiger partial charge in [0.25, 0.3) is 5.69 Å². The Balaban J connectivity index is 1.76. The van der Waals surface area contributed by atoms with Crippen molar-refractivity contribution in [2.24, 2.45) is 0 Å². The van der Waals surface area contributed by atoms with E-state index in [-0.39, 0.29) is 28.3 Å². The second-order valence-electron chi connectivity index (χ2n) is 6.67. The largest absolute Gasteiger partial charge is 0.506 e. The Kier molecular flexibility index (Phi) is 5.19. The SMILES string of the molecule is COc1ccc(C(=O)c2ccc(-n3cccn3)cc2)c(O)c1-c1cccc([N+](=O)[O-])c1. The standard InChI is InChI=1S/C23H17N3O5/c1-31-20-11-10-19(23(28)21(20)16-4-2-5-18(14-16)26(29)30)22(27)15-6-8-17(9-7-15)25-13-3-12-24-25/h2-14,28H,1H3. The highest BCUT2D eigenvalue weighted by Gasteiger charge is 2.22. The summed E-state index contributed by atoms with van der Waals surface area (Å²) in [5.74, 6) is -0.400. The van der Waals surface area contributed by atoms with Crippen LogP contribution in [0.1, 0.15) is 15.9 Å². The van der Waals surface area contributed by atoms with Crippen LogP contribution in [0.15, 0.2) is 79.1 Å². The minimum atomic E-state index is -0.525. The number of rotatable bonds is 6. The number of aromatic hydroxyl groups is 1. The van der Waals surface area contributed by atoms with Crippen LogP contribution in [0.3, 0.4) is 0 Å². The summed E-state index contributed by atoms with van der Waals surface area (Å²) in [7, 11) is 1.42. The predicted molar refractivity (Wildman–Crippen MR) is 114 cm³/mol. The Morgan fingerprint density at radius 3 is 2.52 bits per heavy atom. The van der Waals surface area contributed by atoms with Gasteiger partial charge in [0, 0.05) is 30.1 Å². The van der Waals surface area contributed by atoms with Gasteiger partial charge in [0.05, 0.1) is 28.8 Å². The monoisotopic (exact) mass is 415 g/mol. The molecule has 0 aliphatic heterocycles. The first-order chi connectivity index (χ1) is 15.0. The van der Waals surface area contributed by atoms with Crippen molar-refractivity contribution in [3.8, 4) is 28.3 Å². The lowest BCUT2D eigenvalue weighted by Crippen LogP contribution is -2.04. The van der Waals surface area contributed by atoms with E-state index < -0.39 is 4.92 Å². The second kappa shape index (κ2) is 8.11. The number of hydrogen-bond donors (Lipinski definition) is 1. The highest BCUT2D eigenvalue weighted by Crippen LogP contribution is 2.41. The Morgan fingerprint density at radius 1 is 1.10 bits per heavy atom. The van der Waals surface area contributed by atoms with Crippen molar-refractivity contribution in [3.05, 3.63) is 100 Å². The number of nitro groups is 1. The van der Waals surface area contributed by atoms with E-state index in [9.17, 15) is 20.0 Å². The fourth-order valence-corrected chi connectivity index (χ4v) is 3.32. The molecule has 154 valence electrons. The molecule has 1 N–H and O–H groups in total. The van der Waals surface area contributed by atoms with Gasteiger partial charge in [-0.15, -0.1) is 0 Å². The van der Waals surface area contributed by atoms with Crippen molar-refractivity contribution in [1.29, 1.82) is 0 Å². The molecule has 4 rings (SSSR count). The number of nitrogens with zero attached hydrogens (tertiary/aromatic N) is 3. The van der Waals surface area contributed by atoms with Crippen LogP contribution in [-0.2, 0) is 0 Å². The van der Waals surface area contributed by atoms with Gasteiger partial charge in [0.15, 0.2) is 5.78 Å². The van der Waals surface area contributed by atoms with Crippen LogP contribution in [0, 0.1) is 10.1 Å². The third-order valence-electron chi connectivity index (χ3n) is 4.85. The molecular weight excluding hydrogens is 398 g/mol. The van der Waals surface area contributed by atoms with Gasteiger partial charge in [0.1, 0.15) is 11.5 Å². The zero-order valence-corrected chi connectivity index (χ0v) is 16.4. The Morgan fingerprint density at radius 2 is 1.87 bits per heavy atom. The van der Waals surface area contributed by atoms with Crippen LogP contribution in [0.4, 0.5) is 5.69 Å². The number of ether oxygens (including phenoxy) is 1. The van der Waals surface area contributed by atoms with E-state index in [0.29, 0.717) is 16.9 Å². The molecule has 0 saturated carbocycles. The van der Waals surface area contributed by atoms with E-state index >= 15 is 0 Å². The summed E-state index contributed by atoms with van der Waals surface area (Å²) in [5.41, 5.74) is 1.68. The number of non-ortho nitro benzene ring substituents is 1. The van der Waals surface area contributed by atoms with Crippen LogP contribution >= 0.6 is 0 Å². The number of methoxy groups -OCH3 is 1. The van der Waals surface area contributed by atoms with Crippen molar-refractivity contribution in [2.75, 3.05) is 7.11 Å². The molecule has 4 aromatic rings. The van der Waals surface area contributed by atoms with Gasteiger partial charge in [-0.25, -0.2) is 4.68 Å². The lowest BCUT2D eigenvalue weighted by Gasteiger charge is -2.14. The molecule has 0 saturated heterocycles. The topological polar surface area (TPSA) is 107 Å². The van der Waals surface area contributed by atoms with Crippen molar-refractivity contribution in [1.82, 2.24) is 9.78 Å². The maximum absolute atomic E-state index is 13.1. The van der Waals surface area contributed by atoms with Gasteiger partial charge in [-0.2, -0.15) is 5.10 Å². The Hall–Kier alpha value is -4.46. The number of aromatic nitrogens is 2. The second-order valence-corrected chi connectivity index (χ2v) is 6.67. The van der Waals surface area contributed by atoms with Crippen LogP contribution in [-0.4, -0.2) is 32.7 Å². The normalized spacial score (nSPS) is 10.6. The molecule has 8 heteroatoms. The molecule has 0 bridgehead atoms. The fraction of sp³-hybridized carbons (Fsp3) is 0.0435.